The molecule has 2 N–H and O–H groups in total. The highest BCUT2D eigenvalue weighted by Gasteiger charge is 2.06. The topological polar surface area (TPSA) is 66.9 Å². The van der Waals surface area contributed by atoms with Crippen molar-refractivity contribution in [2.45, 2.75) is 12.8 Å². The quantitative estimate of drug-likeness (QED) is 0.506. The molecule has 0 saturated heterocycles. The van der Waals surface area contributed by atoms with Crippen LogP contribution in [-0.4, -0.2) is 15.9 Å². The summed E-state index contributed by atoms with van der Waals surface area (Å²) < 4.78 is 0. The lowest BCUT2D eigenvalue weighted by atomic mass is 10.1. The Balaban J connectivity index is 1.37. The molecule has 4 aromatic rings. The van der Waals surface area contributed by atoms with Gasteiger partial charge in [0.15, 0.2) is 0 Å². The van der Waals surface area contributed by atoms with Crippen molar-refractivity contribution in [3.63, 3.8) is 0 Å². The van der Waals surface area contributed by atoms with E-state index in [0.717, 1.165) is 22.2 Å². The first-order chi connectivity index (χ1) is 13.8. The van der Waals surface area contributed by atoms with Crippen LogP contribution in [0.1, 0.15) is 12.0 Å². The molecule has 0 aliphatic rings. The molecule has 28 heavy (non-hydrogen) atoms. The fourth-order valence-corrected chi connectivity index (χ4v) is 3.01. The van der Waals surface area contributed by atoms with Crippen LogP contribution in [0.5, 0.6) is 0 Å². The zero-order valence-electron chi connectivity index (χ0n) is 15.3. The highest BCUT2D eigenvalue weighted by atomic mass is 16.1. The Morgan fingerprint density at radius 2 is 1.71 bits per heavy atom. The maximum absolute atomic E-state index is 12.1. The standard InChI is InChI=1S/C23H20N4O/c28-22(14-11-17-6-2-1-3-7-17)26-19-12-13-21(25-16-19)27-20-10-4-8-18-9-5-15-24-23(18)20/h1-10,12-13,15-16H,11,14H2,(H,25,27)(H,26,28). The van der Waals surface area contributed by atoms with Crippen molar-refractivity contribution in [1.82, 2.24) is 9.97 Å². The summed E-state index contributed by atoms with van der Waals surface area (Å²) in [4.78, 5) is 21.0. The van der Waals surface area contributed by atoms with E-state index in [1.165, 1.54) is 0 Å². The number of anilines is 3. The van der Waals surface area contributed by atoms with Crippen LogP contribution < -0.4 is 10.6 Å². The maximum Gasteiger partial charge on any atom is 0.224 e. The van der Waals surface area contributed by atoms with Gasteiger partial charge in [0.1, 0.15) is 5.82 Å². The third-order valence-electron chi connectivity index (χ3n) is 4.43. The highest BCUT2D eigenvalue weighted by molar-refractivity contribution is 5.92. The fourth-order valence-electron chi connectivity index (χ4n) is 3.01. The minimum absolute atomic E-state index is 0.0235. The molecule has 138 valence electrons. The summed E-state index contributed by atoms with van der Waals surface area (Å²) in [5.41, 5.74) is 3.62. The van der Waals surface area contributed by atoms with Crippen LogP contribution in [0.25, 0.3) is 10.9 Å². The highest BCUT2D eigenvalue weighted by Crippen LogP contribution is 2.24. The first-order valence-corrected chi connectivity index (χ1v) is 9.18. The van der Waals surface area contributed by atoms with Gasteiger partial charge in [-0.15, -0.1) is 0 Å². The molecule has 2 heterocycles. The molecule has 0 saturated carbocycles. The molecule has 1 amide bonds. The number of hydrogen-bond acceptors (Lipinski definition) is 4. The Morgan fingerprint density at radius 3 is 2.54 bits per heavy atom. The molecule has 2 aromatic carbocycles. The summed E-state index contributed by atoms with van der Waals surface area (Å²) in [6.07, 6.45) is 4.58. The van der Waals surface area contributed by atoms with E-state index in [1.807, 2.05) is 72.8 Å². The average Bonchev–Trinajstić information content (AvgIpc) is 2.75. The Kier molecular flexibility index (Phi) is 5.24. The fraction of sp³-hybridized carbons (Fsp3) is 0.0870. The van der Waals surface area contributed by atoms with Gasteiger partial charge in [-0.1, -0.05) is 48.5 Å². The molecule has 0 unspecified atom stereocenters. The Labute approximate surface area is 163 Å². The molecule has 0 atom stereocenters. The summed E-state index contributed by atoms with van der Waals surface area (Å²) >= 11 is 0. The average molecular weight is 368 g/mol. The smallest absolute Gasteiger partial charge is 0.224 e. The zero-order chi connectivity index (χ0) is 19.2. The molecule has 0 spiro atoms. The van der Waals surface area contributed by atoms with Crippen molar-refractivity contribution < 1.29 is 4.79 Å². The molecular formula is C23H20N4O. The van der Waals surface area contributed by atoms with Crippen molar-refractivity contribution >= 4 is 34.0 Å². The number of carbonyl (C=O) groups is 1. The largest absolute Gasteiger partial charge is 0.338 e. The number of nitrogens with zero attached hydrogens (tertiary/aromatic N) is 2. The van der Waals surface area contributed by atoms with Gasteiger partial charge in [-0.05, 0) is 36.2 Å². The molecule has 0 bridgehead atoms. The van der Waals surface area contributed by atoms with Crippen LogP contribution >= 0.6 is 0 Å². The number of nitrogens with one attached hydrogen (secondary N) is 2. The second kappa shape index (κ2) is 8.31. The third-order valence-corrected chi connectivity index (χ3v) is 4.43. The predicted octanol–water partition coefficient (Wildman–Crippen LogP) is 4.94. The van der Waals surface area contributed by atoms with Crippen molar-refractivity contribution in [2.75, 3.05) is 10.6 Å². The number of pyridine rings is 2. The molecule has 0 aliphatic heterocycles. The van der Waals surface area contributed by atoms with Gasteiger partial charge in [0.25, 0.3) is 0 Å². The van der Waals surface area contributed by atoms with Crippen LogP contribution in [0.3, 0.4) is 0 Å². The molecule has 2 aromatic heterocycles. The lowest BCUT2D eigenvalue weighted by Crippen LogP contribution is -2.12. The summed E-state index contributed by atoms with van der Waals surface area (Å²) in [5, 5.41) is 7.24. The van der Waals surface area contributed by atoms with Gasteiger partial charge in [-0.2, -0.15) is 0 Å². The van der Waals surface area contributed by atoms with E-state index in [-0.39, 0.29) is 5.91 Å². The van der Waals surface area contributed by atoms with E-state index in [9.17, 15) is 4.79 Å². The van der Waals surface area contributed by atoms with Gasteiger partial charge in [0, 0.05) is 18.0 Å². The van der Waals surface area contributed by atoms with E-state index >= 15 is 0 Å². The molecular weight excluding hydrogens is 348 g/mol. The summed E-state index contributed by atoms with van der Waals surface area (Å²) in [6, 6.07) is 23.6. The Bertz CT molecular complexity index is 1070. The Hall–Kier alpha value is -3.73. The van der Waals surface area contributed by atoms with E-state index in [4.69, 9.17) is 0 Å². The van der Waals surface area contributed by atoms with Crippen LogP contribution in [0.4, 0.5) is 17.2 Å². The van der Waals surface area contributed by atoms with Crippen molar-refractivity contribution in [2.24, 2.45) is 0 Å². The lowest BCUT2D eigenvalue weighted by molar-refractivity contribution is -0.116. The molecule has 5 nitrogen and oxygen atoms in total. The van der Waals surface area contributed by atoms with Gasteiger partial charge in [0.2, 0.25) is 5.91 Å². The number of hydrogen-bond donors (Lipinski definition) is 2. The lowest BCUT2D eigenvalue weighted by Gasteiger charge is -2.09. The summed E-state index contributed by atoms with van der Waals surface area (Å²) in [6.45, 7) is 0. The number of rotatable bonds is 6. The number of amides is 1. The number of benzene rings is 2. The number of fused-ring (bicyclic) bond motifs is 1. The van der Waals surface area contributed by atoms with Crippen LogP contribution in [-0.2, 0) is 11.2 Å². The molecule has 0 fully saturated rings. The molecule has 0 radical (unpaired) electrons. The van der Waals surface area contributed by atoms with Gasteiger partial charge < -0.3 is 10.6 Å². The summed E-state index contributed by atoms with van der Waals surface area (Å²) in [7, 11) is 0. The van der Waals surface area contributed by atoms with Gasteiger partial charge in [-0.3, -0.25) is 9.78 Å². The van der Waals surface area contributed by atoms with Gasteiger partial charge >= 0.3 is 0 Å². The first-order valence-electron chi connectivity index (χ1n) is 9.18. The number of carbonyl (C=O) groups excluding carboxylic acids is 1. The van der Waals surface area contributed by atoms with Crippen molar-refractivity contribution in [1.29, 1.82) is 0 Å². The molecule has 0 aliphatic carbocycles. The van der Waals surface area contributed by atoms with E-state index < -0.39 is 0 Å². The molecule has 4 rings (SSSR count). The minimum Gasteiger partial charge on any atom is -0.338 e. The van der Waals surface area contributed by atoms with Crippen LogP contribution in [0.2, 0.25) is 0 Å². The van der Waals surface area contributed by atoms with Crippen LogP contribution in [0.15, 0.2) is 85.2 Å². The van der Waals surface area contributed by atoms with E-state index in [0.29, 0.717) is 24.3 Å². The second-order valence-corrected chi connectivity index (χ2v) is 6.47. The predicted molar refractivity (Wildman–Crippen MR) is 113 cm³/mol. The second-order valence-electron chi connectivity index (χ2n) is 6.47. The minimum atomic E-state index is -0.0235. The number of para-hydroxylation sites is 1. The van der Waals surface area contributed by atoms with Crippen molar-refractivity contribution in [3.05, 3.63) is 90.8 Å². The molecule has 5 heteroatoms. The summed E-state index contributed by atoms with van der Waals surface area (Å²) in [5.74, 6) is 0.671. The van der Waals surface area contributed by atoms with Crippen LogP contribution in [0, 0.1) is 0 Å². The normalized spacial score (nSPS) is 10.6. The maximum atomic E-state index is 12.1. The zero-order valence-corrected chi connectivity index (χ0v) is 15.3. The van der Waals surface area contributed by atoms with E-state index in [1.54, 1.807) is 12.4 Å². The van der Waals surface area contributed by atoms with Gasteiger partial charge in [0.05, 0.1) is 23.1 Å². The first kappa shape index (κ1) is 17.7. The Morgan fingerprint density at radius 1 is 0.857 bits per heavy atom. The third kappa shape index (κ3) is 4.32. The monoisotopic (exact) mass is 368 g/mol. The van der Waals surface area contributed by atoms with Gasteiger partial charge in [-0.25, -0.2) is 4.98 Å². The number of aryl methyl sites for hydroxylation is 1. The van der Waals surface area contributed by atoms with E-state index in [2.05, 4.69) is 20.6 Å². The number of aromatic nitrogens is 2. The van der Waals surface area contributed by atoms with Crippen molar-refractivity contribution in [3.8, 4) is 0 Å². The SMILES string of the molecule is O=C(CCc1ccccc1)Nc1ccc(Nc2cccc3cccnc23)nc1.